The van der Waals surface area contributed by atoms with E-state index in [-0.39, 0.29) is 18.4 Å². The van der Waals surface area contributed by atoms with Crippen LogP contribution in [0.3, 0.4) is 0 Å². The summed E-state index contributed by atoms with van der Waals surface area (Å²) in [6.45, 7) is 6.90. The van der Waals surface area contributed by atoms with Gasteiger partial charge in [-0.2, -0.15) is 0 Å². The number of ether oxygens (including phenoxy) is 1. The molecule has 0 aromatic heterocycles. The van der Waals surface area contributed by atoms with E-state index in [1.807, 2.05) is 80.6 Å². The van der Waals surface area contributed by atoms with Crippen LogP contribution in [0.15, 0.2) is 66.7 Å². The molecule has 0 aliphatic heterocycles. The minimum Gasteiger partial charge on any atom is -0.483 e. The van der Waals surface area contributed by atoms with Crippen LogP contribution in [-0.2, 0) is 16.1 Å². The molecule has 0 aliphatic carbocycles. The molecule has 5 nitrogen and oxygen atoms in total. The first-order valence-corrected chi connectivity index (χ1v) is 11.8. The second-order valence-corrected chi connectivity index (χ2v) is 8.28. The average molecular weight is 447 g/mol. The molecule has 3 aromatic carbocycles. The summed E-state index contributed by atoms with van der Waals surface area (Å²) in [6.07, 6.45) is 2.45. The van der Waals surface area contributed by atoms with Gasteiger partial charge in [0.05, 0.1) is 0 Å². The number of aryl methyl sites for hydroxylation is 1. The van der Waals surface area contributed by atoms with E-state index in [0.717, 1.165) is 34.7 Å². The second-order valence-electron chi connectivity index (χ2n) is 8.28. The highest BCUT2D eigenvalue weighted by Gasteiger charge is 2.29. The van der Waals surface area contributed by atoms with Gasteiger partial charge in [0.25, 0.3) is 5.91 Å². The van der Waals surface area contributed by atoms with E-state index in [4.69, 9.17) is 4.74 Å². The number of nitrogens with one attached hydrogen (secondary N) is 1. The number of hydrogen-bond donors (Lipinski definition) is 1. The van der Waals surface area contributed by atoms with Crippen molar-refractivity contribution in [1.82, 2.24) is 10.2 Å². The summed E-state index contributed by atoms with van der Waals surface area (Å²) in [5.74, 6) is 0.347. The van der Waals surface area contributed by atoms with E-state index in [1.165, 1.54) is 0 Å². The highest BCUT2D eigenvalue weighted by molar-refractivity contribution is 5.90. The van der Waals surface area contributed by atoms with Gasteiger partial charge in [-0.25, -0.2) is 0 Å². The minimum absolute atomic E-state index is 0.113. The van der Waals surface area contributed by atoms with E-state index in [1.54, 1.807) is 4.90 Å². The Kier molecular flexibility index (Phi) is 8.87. The highest BCUT2D eigenvalue weighted by atomic mass is 16.5. The molecule has 3 rings (SSSR count). The summed E-state index contributed by atoms with van der Waals surface area (Å²) in [5.41, 5.74) is 2.11. The summed E-state index contributed by atoms with van der Waals surface area (Å²) in [6, 6.07) is 21.1. The van der Waals surface area contributed by atoms with Crippen LogP contribution in [0.1, 0.15) is 44.2 Å². The topological polar surface area (TPSA) is 58.6 Å². The van der Waals surface area contributed by atoms with E-state index < -0.39 is 6.04 Å². The first kappa shape index (κ1) is 24.3. The zero-order chi connectivity index (χ0) is 23.6. The van der Waals surface area contributed by atoms with Crippen molar-refractivity contribution < 1.29 is 14.3 Å². The van der Waals surface area contributed by atoms with Gasteiger partial charge in [0.1, 0.15) is 11.8 Å². The standard InChI is InChI=1S/C28H34N2O3/c1-4-6-18-29-28(32)25(5-2)30(19-23-14-8-7-12-21(23)3)27(31)20-33-26-17-11-15-22-13-9-10-16-24(22)26/h7-17,25H,4-6,18-20H2,1-3H3,(H,29,32)/t25-/m1/s1. The van der Waals surface area contributed by atoms with Crippen molar-refractivity contribution in [2.45, 2.75) is 52.6 Å². The Hall–Kier alpha value is -3.34. The predicted molar refractivity (Wildman–Crippen MR) is 133 cm³/mol. The highest BCUT2D eigenvalue weighted by Crippen LogP contribution is 2.25. The molecule has 0 unspecified atom stereocenters. The molecule has 0 bridgehead atoms. The van der Waals surface area contributed by atoms with Crippen LogP contribution in [0.25, 0.3) is 10.8 Å². The molecular weight excluding hydrogens is 412 g/mol. The molecule has 1 atom stereocenters. The maximum Gasteiger partial charge on any atom is 0.261 e. The zero-order valence-electron chi connectivity index (χ0n) is 19.8. The Morgan fingerprint density at radius 3 is 2.45 bits per heavy atom. The lowest BCUT2D eigenvalue weighted by atomic mass is 10.1. The molecule has 174 valence electrons. The van der Waals surface area contributed by atoms with E-state index in [2.05, 4.69) is 12.2 Å². The molecule has 0 saturated carbocycles. The SMILES string of the molecule is CCCCNC(=O)[C@@H](CC)N(Cc1ccccc1C)C(=O)COc1cccc2ccccc12. The van der Waals surface area contributed by atoms with Crippen molar-refractivity contribution in [3.8, 4) is 5.75 Å². The van der Waals surface area contributed by atoms with Crippen LogP contribution in [0.5, 0.6) is 5.75 Å². The number of carbonyl (C=O) groups excluding carboxylic acids is 2. The fourth-order valence-electron chi connectivity index (χ4n) is 3.94. The third-order valence-electron chi connectivity index (χ3n) is 5.92. The summed E-state index contributed by atoms with van der Waals surface area (Å²) in [4.78, 5) is 28.1. The van der Waals surface area contributed by atoms with E-state index >= 15 is 0 Å². The summed E-state index contributed by atoms with van der Waals surface area (Å²) >= 11 is 0. The molecule has 2 amide bonds. The van der Waals surface area contributed by atoms with Gasteiger partial charge in [0, 0.05) is 18.5 Å². The number of unbranched alkanes of at least 4 members (excludes halogenated alkanes) is 1. The van der Waals surface area contributed by atoms with Crippen molar-refractivity contribution in [1.29, 1.82) is 0 Å². The lowest BCUT2D eigenvalue weighted by Gasteiger charge is -2.31. The molecule has 0 radical (unpaired) electrons. The van der Waals surface area contributed by atoms with Gasteiger partial charge in [-0.15, -0.1) is 0 Å². The second kappa shape index (κ2) is 12.0. The van der Waals surface area contributed by atoms with E-state index in [0.29, 0.717) is 25.3 Å². The van der Waals surface area contributed by atoms with Gasteiger partial charge >= 0.3 is 0 Å². The van der Waals surface area contributed by atoms with Crippen LogP contribution in [-0.4, -0.2) is 35.9 Å². The molecule has 0 heterocycles. The third kappa shape index (κ3) is 6.35. The fourth-order valence-corrected chi connectivity index (χ4v) is 3.94. The molecule has 0 spiro atoms. The number of fused-ring (bicyclic) bond motifs is 1. The Labute approximate surface area is 196 Å². The van der Waals surface area contributed by atoms with Crippen LogP contribution in [0.2, 0.25) is 0 Å². The number of benzene rings is 3. The molecule has 5 heteroatoms. The van der Waals surface area contributed by atoms with Crippen LogP contribution in [0, 0.1) is 6.92 Å². The fraction of sp³-hybridized carbons (Fsp3) is 0.357. The Bertz CT molecular complexity index is 1070. The minimum atomic E-state index is -0.551. The monoisotopic (exact) mass is 446 g/mol. The molecule has 1 N–H and O–H groups in total. The molecule has 0 saturated heterocycles. The van der Waals surface area contributed by atoms with Gasteiger partial charge in [-0.05, 0) is 42.3 Å². The molecule has 0 fully saturated rings. The van der Waals surface area contributed by atoms with Crippen molar-refractivity contribution in [3.05, 3.63) is 77.9 Å². The molecule has 33 heavy (non-hydrogen) atoms. The molecular formula is C28H34N2O3. The summed E-state index contributed by atoms with van der Waals surface area (Å²) in [7, 11) is 0. The van der Waals surface area contributed by atoms with Crippen molar-refractivity contribution in [2.75, 3.05) is 13.2 Å². The first-order valence-electron chi connectivity index (χ1n) is 11.8. The number of nitrogens with zero attached hydrogens (tertiary/aromatic N) is 1. The maximum atomic E-state index is 13.4. The third-order valence-corrected chi connectivity index (χ3v) is 5.92. The Morgan fingerprint density at radius 2 is 1.70 bits per heavy atom. The smallest absolute Gasteiger partial charge is 0.261 e. The zero-order valence-corrected chi connectivity index (χ0v) is 19.8. The Morgan fingerprint density at radius 1 is 0.970 bits per heavy atom. The van der Waals surface area contributed by atoms with Gasteiger partial charge in [0.15, 0.2) is 6.61 Å². The quantitative estimate of drug-likeness (QED) is 0.409. The van der Waals surface area contributed by atoms with E-state index in [9.17, 15) is 9.59 Å². The first-order chi connectivity index (χ1) is 16.0. The summed E-state index contributed by atoms with van der Waals surface area (Å²) in [5, 5.41) is 5.01. The lowest BCUT2D eigenvalue weighted by Crippen LogP contribution is -2.50. The van der Waals surface area contributed by atoms with Crippen LogP contribution < -0.4 is 10.1 Å². The molecule has 0 aliphatic rings. The largest absolute Gasteiger partial charge is 0.483 e. The van der Waals surface area contributed by atoms with Gasteiger partial charge in [-0.3, -0.25) is 9.59 Å². The normalized spacial score (nSPS) is 11.7. The van der Waals surface area contributed by atoms with Crippen molar-refractivity contribution in [2.24, 2.45) is 0 Å². The maximum absolute atomic E-state index is 13.4. The number of amides is 2. The van der Waals surface area contributed by atoms with Gasteiger partial charge in [-0.1, -0.05) is 80.9 Å². The van der Waals surface area contributed by atoms with Crippen LogP contribution in [0.4, 0.5) is 0 Å². The van der Waals surface area contributed by atoms with Gasteiger partial charge < -0.3 is 15.0 Å². The van der Waals surface area contributed by atoms with Gasteiger partial charge in [0.2, 0.25) is 5.91 Å². The predicted octanol–water partition coefficient (Wildman–Crippen LogP) is 5.25. The lowest BCUT2D eigenvalue weighted by molar-refractivity contribution is -0.143. The number of carbonyl (C=O) groups is 2. The van der Waals surface area contributed by atoms with Crippen molar-refractivity contribution in [3.63, 3.8) is 0 Å². The molecule has 3 aromatic rings. The Balaban J connectivity index is 1.81. The number of rotatable bonds is 11. The summed E-state index contributed by atoms with van der Waals surface area (Å²) < 4.78 is 5.98. The average Bonchev–Trinajstić information content (AvgIpc) is 2.83. The van der Waals surface area contributed by atoms with Crippen molar-refractivity contribution >= 4 is 22.6 Å². The van der Waals surface area contributed by atoms with Crippen LogP contribution >= 0.6 is 0 Å². The number of hydrogen-bond acceptors (Lipinski definition) is 3.